The number of anilines is 1. The number of benzene rings is 3. The van der Waals surface area contributed by atoms with Crippen LogP contribution in [0.25, 0.3) is 33.4 Å². The minimum absolute atomic E-state index is 0.0243. The minimum Gasteiger partial charge on any atom is -0.508 e. The number of phenolic OH excluding ortho intramolecular Hbond substituents is 1. The van der Waals surface area contributed by atoms with Crippen molar-refractivity contribution in [3.05, 3.63) is 70.4 Å². The molecule has 48 heavy (non-hydrogen) atoms. The lowest BCUT2D eigenvalue weighted by atomic mass is 9.90. The number of carbonyl (C=O) groups is 2. The van der Waals surface area contributed by atoms with Crippen molar-refractivity contribution in [2.45, 2.75) is 25.6 Å². The topological polar surface area (TPSA) is 220 Å². The number of aliphatic hydroxyl groups is 2. The summed E-state index contributed by atoms with van der Waals surface area (Å²) in [5.41, 5.74) is 7.77. The quantitative estimate of drug-likeness (QED) is 0.0360. The van der Waals surface area contributed by atoms with E-state index in [2.05, 4.69) is 26.6 Å². The second kappa shape index (κ2) is 17.9. The smallest absolute Gasteiger partial charge is 0.314 e. The molecule has 0 atom stereocenters. The lowest BCUT2D eigenvalue weighted by Gasteiger charge is -2.20. The number of urea groups is 1. The molecule has 1 aliphatic carbocycles. The van der Waals surface area contributed by atoms with Crippen molar-refractivity contribution in [3.8, 4) is 28.2 Å². The Hall–Kier alpha value is -4.80. The third-order valence-electron chi connectivity index (χ3n) is 7.19. The predicted octanol–water partition coefficient (Wildman–Crippen LogP) is 2.10. The molecule has 15 heteroatoms. The molecular weight excluding hydrogens is 640 g/mol. The zero-order valence-corrected chi connectivity index (χ0v) is 27.0. The van der Waals surface area contributed by atoms with Crippen LogP contribution >= 0.6 is 12.2 Å². The standard InChI is InChI=1S/C33H40N6O8S/c34-10-1-2-11-36-32(45)37-14-16-46-15-9-29(42)35-12-13-38-33(48)39-20-3-6-23(26(17-20)31(43)44)30-24-7-4-21(40)18-27(24)47-28-19-22(41)5-8-25(28)30/h3-8,17-19,31,40,43-44H,1-2,9-16,34H2,(H,35,42)(H2,36,37,45)(H2,38,39,48). The first-order valence-electron chi connectivity index (χ1n) is 15.5. The van der Waals surface area contributed by atoms with Gasteiger partial charge in [0.2, 0.25) is 5.91 Å². The van der Waals surface area contributed by atoms with Crippen LogP contribution in [-0.2, 0) is 9.53 Å². The molecule has 2 aromatic carbocycles. The van der Waals surface area contributed by atoms with Gasteiger partial charge < -0.3 is 56.8 Å². The number of ether oxygens (including phenoxy) is 1. The van der Waals surface area contributed by atoms with E-state index in [-0.39, 0.29) is 59.2 Å². The van der Waals surface area contributed by atoms with Crippen LogP contribution < -0.4 is 37.7 Å². The summed E-state index contributed by atoms with van der Waals surface area (Å²) in [6.07, 6.45) is -0.0239. The molecular formula is C33H40N6O8S. The lowest BCUT2D eigenvalue weighted by molar-refractivity contribution is -0.122. The maximum Gasteiger partial charge on any atom is 0.314 e. The van der Waals surface area contributed by atoms with Gasteiger partial charge in [0, 0.05) is 72.5 Å². The Bertz CT molecular complexity index is 1750. The van der Waals surface area contributed by atoms with E-state index < -0.39 is 6.29 Å². The molecule has 3 amide bonds. The van der Waals surface area contributed by atoms with Crippen LogP contribution in [0.15, 0.2) is 63.8 Å². The summed E-state index contributed by atoms with van der Waals surface area (Å²) in [6, 6.07) is 13.6. The number of hydrogen-bond acceptors (Lipinski definition) is 10. The summed E-state index contributed by atoms with van der Waals surface area (Å²) >= 11 is 5.38. The van der Waals surface area contributed by atoms with Gasteiger partial charge in [-0.05, 0) is 73.6 Å². The highest BCUT2D eigenvalue weighted by molar-refractivity contribution is 7.80. The van der Waals surface area contributed by atoms with Crippen LogP contribution in [0.2, 0.25) is 0 Å². The highest BCUT2D eigenvalue weighted by atomic mass is 32.1. The van der Waals surface area contributed by atoms with Gasteiger partial charge >= 0.3 is 6.03 Å². The first-order chi connectivity index (χ1) is 23.2. The molecule has 0 fully saturated rings. The molecule has 2 aliphatic rings. The molecule has 0 spiro atoms. The third-order valence-corrected chi connectivity index (χ3v) is 7.43. The van der Waals surface area contributed by atoms with Gasteiger partial charge in [-0.2, -0.15) is 0 Å². The number of phenols is 1. The fourth-order valence-corrected chi connectivity index (χ4v) is 5.13. The van der Waals surface area contributed by atoms with Crippen LogP contribution in [0.5, 0.6) is 5.75 Å². The number of unbranched alkanes of at least 4 members (excludes halogenated alkanes) is 1. The molecule has 0 saturated heterocycles. The number of hydrogen-bond donors (Lipinski definition) is 9. The molecule has 0 bridgehead atoms. The fraction of sp³-hybridized carbons (Fsp3) is 0.333. The summed E-state index contributed by atoms with van der Waals surface area (Å²) < 4.78 is 11.3. The molecule has 0 aromatic heterocycles. The Balaban J connectivity index is 1.26. The van der Waals surface area contributed by atoms with Crippen molar-refractivity contribution >= 4 is 45.9 Å². The summed E-state index contributed by atoms with van der Waals surface area (Å²) in [6.45, 7) is 2.59. The number of amides is 3. The van der Waals surface area contributed by atoms with Crippen LogP contribution in [0, 0.1) is 0 Å². The van der Waals surface area contributed by atoms with E-state index in [1.807, 2.05) is 0 Å². The average Bonchev–Trinajstić information content (AvgIpc) is 3.05. The highest BCUT2D eigenvalue weighted by Gasteiger charge is 2.22. The van der Waals surface area contributed by atoms with Crippen LogP contribution in [0.1, 0.15) is 31.1 Å². The zero-order valence-electron chi connectivity index (χ0n) is 26.2. The maximum atomic E-state index is 12.1. The van der Waals surface area contributed by atoms with Gasteiger partial charge in [-0.25, -0.2) is 4.79 Å². The van der Waals surface area contributed by atoms with E-state index >= 15 is 0 Å². The van der Waals surface area contributed by atoms with Gasteiger partial charge in [-0.1, -0.05) is 6.07 Å². The van der Waals surface area contributed by atoms with E-state index in [0.717, 1.165) is 12.8 Å². The number of aliphatic hydroxyl groups excluding tert-OH is 1. The number of aromatic hydroxyl groups is 1. The van der Waals surface area contributed by atoms with Gasteiger partial charge in [-0.15, -0.1) is 0 Å². The average molecular weight is 681 g/mol. The Morgan fingerprint density at radius 3 is 2.44 bits per heavy atom. The van der Waals surface area contributed by atoms with E-state index in [4.69, 9.17) is 27.1 Å². The molecule has 14 nitrogen and oxygen atoms in total. The van der Waals surface area contributed by atoms with Crippen LogP contribution in [-0.4, -0.2) is 78.3 Å². The monoisotopic (exact) mass is 680 g/mol. The Morgan fingerprint density at radius 2 is 1.65 bits per heavy atom. The van der Waals surface area contributed by atoms with Gasteiger partial charge in [0.25, 0.3) is 0 Å². The zero-order chi connectivity index (χ0) is 34.5. The Morgan fingerprint density at radius 1 is 0.875 bits per heavy atom. The largest absolute Gasteiger partial charge is 0.508 e. The van der Waals surface area contributed by atoms with Crippen molar-refractivity contribution < 1.29 is 34.1 Å². The minimum atomic E-state index is -1.85. The first kappa shape index (κ1) is 36.0. The van der Waals surface area contributed by atoms with E-state index in [0.29, 0.717) is 66.1 Å². The second-order valence-electron chi connectivity index (χ2n) is 10.8. The second-order valence-corrected chi connectivity index (χ2v) is 11.2. The number of thiocarbonyl (C=S) groups is 1. The molecule has 0 radical (unpaired) electrons. The van der Waals surface area contributed by atoms with Crippen molar-refractivity contribution in [2.75, 3.05) is 51.3 Å². The van der Waals surface area contributed by atoms with Crippen molar-refractivity contribution in [1.82, 2.24) is 21.3 Å². The van der Waals surface area contributed by atoms with E-state index in [9.17, 15) is 29.7 Å². The van der Waals surface area contributed by atoms with Gasteiger partial charge in [0.05, 0.1) is 13.2 Å². The summed E-state index contributed by atoms with van der Waals surface area (Å²) in [4.78, 5) is 35.8. The van der Waals surface area contributed by atoms with Gasteiger partial charge in [0.15, 0.2) is 16.8 Å². The Labute approximate surface area is 282 Å². The maximum absolute atomic E-state index is 12.1. The van der Waals surface area contributed by atoms with Crippen molar-refractivity contribution in [1.29, 1.82) is 0 Å². The third kappa shape index (κ3) is 10.4. The lowest BCUT2D eigenvalue weighted by Crippen LogP contribution is -2.38. The molecule has 1 heterocycles. The molecule has 2 aromatic rings. The normalized spacial score (nSPS) is 11.1. The van der Waals surface area contributed by atoms with Crippen molar-refractivity contribution in [2.24, 2.45) is 5.73 Å². The molecule has 0 saturated carbocycles. The van der Waals surface area contributed by atoms with E-state index in [1.54, 1.807) is 30.3 Å². The van der Waals surface area contributed by atoms with Gasteiger partial charge in [-0.3, -0.25) is 9.59 Å². The summed E-state index contributed by atoms with van der Waals surface area (Å²) in [5.74, 6) is 0.0578. The number of nitrogens with one attached hydrogen (secondary N) is 5. The molecule has 10 N–H and O–H groups in total. The number of carbonyl (C=O) groups excluding carboxylic acids is 2. The fourth-order valence-electron chi connectivity index (χ4n) is 4.91. The number of rotatable bonds is 16. The molecule has 4 rings (SSSR count). The Kier molecular flexibility index (Phi) is 13.5. The SMILES string of the molecule is NCCCCNC(=O)NCCOCCC(=O)NCCNC(=S)Nc1ccc(-c2c3ccc(=O)cc-3oc3cc(O)ccc23)c(C(O)O)c1. The van der Waals surface area contributed by atoms with Crippen molar-refractivity contribution in [3.63, 3.8) is 0 Å². The van der Waals surface area contributed by atoms with Crippen LogP contribution in [0.4, 0.5) is 10.5 Å². The van der Waals surface area contributed by atoms with E-state index in [1.165, 1.54) is 24.3 Å². The van der Waals surface area contributed by atoms with Gasteiger partial charge in [0.1, 0.15) is 17.1 Å². The summed E-state index contributed by atoms with van der Waals surface area (Å²) in [5, 5.41) is 45.7. The molecule has 1 aliphatic heterocycles. The predicted molar refractivity (Wildman–Crippen MR) is 186 cm³/mol. The van der Waals surface area contributed by atoms with Crippen LogP contribution in [0.3, 0.4) is 0 Å². The number of nitrogens with two attached hydrogens (primary N) is 1. The first-order valence-corrected chi connectivity index (χ1v) is 15.9. The highest BCUT2D eigenvalue weighted by Crippen LogP contribution is 2.43. The molecule has 0 unspecified atom stereocenters. The molecule has 256 valence electrons. The summed E-state index contributed by atoms with van der Waals surface area (Å²) in [7, 11) is 0. The number of fused-ring (bicyclic) bond motifs is 2.